The van der Waals surface area contributed by atoms with Gasteiger partial charge in [0.1, 0.15) is 17.2 Å². The molecule has 0 fully saturated rings. The standard InChI is InChI=1S/C25H33N3O2/c1-5-7-8-10-19(9-6-2)26-25-23-17-21(30-4)15-16-22(23)24(27-28-25)18-11-13-20(29-3)14-12-18/h11-17,19H,5-10H2,1-4H3,(H,26,28). The SMILES string of the molecule is CCCCCC(CCC)Nc1nnc(-c2ccc(OC)cc2)c2ccc(OC)cc12. The summed E-state index contributed by atoms with van der Waals surface area (Å²) in [6.07, 6.45) is 7.13. The minimum Gasteiger partial charge on any atom is -0.497 e. The number of anilines is 1. The Labute approximate surface area is 179 Å². The lowest BCUT2D eigenvalue weighted by Gasteiger charge is -2.20. The number of aromatic nitrogens is 2. The Kier molecular flexibility index (Phi) is 7.89. The molecule has 5 heteroatoms. The maximum absolute atomic E-state index is 5.49. The van der Waals surface area contributed by atoms with Crippen molar-refractivity contribution in [2.75, 3.05) is 19.5 Å². The van der Waals surface area contributed by atoms with E-state index in [0.29, 0.717) is 6.04 Å². The van der Waals surface area contributed by atoms with Crippen LogP contribution in [0.3, 0.4) is 0 Å². The van der Waals surface area contributed by atoms with Crippen molar-refractivity contribution in [3.63, 3.8) is 0 Å². The quantitative estimate of drug-likeness (QED) is 0.369. The first kappa shape index (κ1) is 21.9. The number of nitrogens with one attached hydrogen (secondary N) is 1. The number of hydrogen-bond acceptors (Lipinski definition) is 5. The van der Waals surface area contributed by atoms with E-state index in [2.05, 4.69) is 41.5 Å². The number of ether oxygens (including phenoxy) is 2. The van der Waals surface area contributed by atoms with Gasteiger partial charge in [-0.25, -0.2) is 0 Å². The molecule has 1 N–H and O–H groups in total. The molecule has 30 heavy (non-hydrogen) atoms. The maximum Gasteiger partial charge on any atom is 0.156 e. The molecule has 0 amide bonds. The maximum atomic E-state index is 5.49. The first-order valence-electron chi connectivity index (χ1n) is 11.0. The topological polar surface area (TPSA) is 56.3 Å². The van der Waals surface area contributed by atoms with Crippen LogP contribution in [0.4, 0.5) is 5.82 Å². The van der Waals surface area contributed by atoms with E-state index in [9.17, 15) is 0 Å². The first-order chi connectivity index (χ1) is 14.7. The van der Waals surface area contributed by atoms with Crippen LogP contribution in [0.15, 0.2) is 42.5 Å². The van der Waals surface area contributed by atoms with Gasteiger partial charge in [0.2, 0.25) is 0 Å². The monoisotopic (exact) mass is 407 g/mol. The highest BCUT2D eigenvalue weighted by atomic mass is 16.5. The number of benzene rings is 2. The summed E-state index contributed by atoms with van der Waals surface area (Å²) in [7, 11) is 3.36. The molecule has 1 aromatic heterocycles. The Hall–Kier alpha value is -2.82. The average Bonchev–Trinajstić information content (AvgIpc) is 2.79. The van der Waals surface area contributed by atoms with Gasteiger partial charge in [0.05, 0.1) is 14.2 Å². The number of rotatable bonds is 11. The van der Waals surface area contributed by atoms with Crippen molar-refractivity contribution < 1.29 is 9.47 Å². The largest absolute Gasteiger partial charge is 0.497 e. The lowest BCUT2D eigenvalue weighted by atomic mass is 10.0. The number of nitrogens with zero attached hydrogens (tertiary/aromatic N) is 2. The van der Waals surface area contributed by atoms with Gasteiger partial charge in [-0.2, -0.15) is 0 Å². The molecule has 160 valence electrons. The summed E-state index contributed by atoms with van der Waals surface area (Å²) >= 11 is 0. The van der Waals surface area contributed by atoms with Crippen molar-refractivity contribution in [2.24, 2.45) is 0 Å². The molecule has 0 aliphatic rings. The first-order valence-corrected chi connectivity index (χ1v) is 11.0. The van der Waals surface area contributed by atoms with Gasteiger partial charge < -0.3 is 14.8 Å². The van der Waals surface area contributed by atoms with Crippen molar-refractivity contribution in [3.05, 3.63) is 42.5 Å². The summed E-state index contributed by atoms with van der Waals surface area (Å²) in [6, 6.07) is 14.4. The third-order valence-corrected chi connectivity index (χ3v) is 5.48. The van der Waals surface area contributed by atoms with E-state index in [1.165, 1.54) is 19.3 Å². The molecule has 1 unspecified atom stereocenters. The highest BCUT2D eigenvalue weighted by molar-refractivity contribution is 6.00. The second kappa shape index (κ2) is 10.8. The molecule has 0 saturated heterocycles. The van der Waals surface area contributed by atoms with E-state index in [-0.39, 0.29) is 0 Å². The van der Waals surface area contributed by atoms with Gasteiger partial charge >= 0.3 is 0 Å². The number of fused-ring (bicyclic) bond motifs is 1. The fourth-order valence-corrected chi connectivity index (χ4v) is 3.80. The Morgan fingerprint density at radius 3 is 2.20 bits per heavy atom. The molecule has 1 heterocycles. The van der Waals surface area contributed by atoms with E-state index in [4.69, 9.17) is 9.47 Å². The van der Waals surface area contributed by atoms with E-state index < -0.39 is 0 Å². The van der Waals surface area contributed by atoms with Crippen molar-refractivity contribution in [3.8, 4) is 22.8 Å². The van der Waals surface area contributed by atoms with Gasteiger partial charge in [-0.05, 0) is 55.3 Å². The fraction of sp³-hybridized carbons (Fsp3) is 0.440. The second-order valence-electron chi connectivity index (χ2n) is 7.66. The summed E-state index contributed by atoms with van der Waals surface area (Å²) < 4.78 is 10.8. The van der Waals surface area contributed by atoms with E-state index in [1.54, 1.807) is 14.2 Å². The molecular weight excluding hydrogens is 374 g/mol. The molecule has 0 aliphatic heterocycles. The van der Waals surface area contributed by atoms with Crippen LogP contribution in [-0.4, -0.2) is 30.5 Å². The van der Waals surface area contributed by atoms with E-state index in [0.717, 1.165) is 58.6 Å². The molecule has 5 nitrogen and oxygen atoms in total. The average molecular weight is 408 g/mol. The zero-order chi connectivity index (χ0) is 21.3. The van der Waals surface area contributed by atoms with Gasteiger partial charge in [0.15, 0.2) is 5.82 Å². The molecule has 3 rings (SSSR count). The van der Waals surface area contributed by atoms with Crippen LogP contribution in [0.2, 0.25) is 0 Å². The minimum atomic E-state index is 0.400. The summed E-state index contributed by atoms with van der Waals surface area (Å²) in [5, 5.41) is 15.0. The summed E-state index contributed by atoms with van der Waals surface area (Å²) in [4.78, 5) is 0. The van der Waals surface area contributed by atoms with Gasteiger partial charge in [-0.3, -0.25) is 0 Å². The minimum absolute atomic E-state index is 0.400. The highest BCUT2D eigenvalue weighted by Gasteiger charge is 2.15. The predicted octanol–water partition coefficient (Wildman–Crippen LogP) is 6.47. The smallest absolute Gasteiger partial charge is 0.156 e. The van der Waals surface area contributed by atoms with Crippen molar-refractivity contribution in [2.45, 2.75) is 58.4 Å². The number of unbranched alkanes of at least 4 members (excludes halogenated alkanes) is 2. The summed E-state index contributed by atoms with van der Waals surface area (Å²) in [6.45, 7) is 4.47. The molecule has 3 aromatic rings. The summed E-state index contributed by atoms with van der Waals surface area (Å²) in [5.41, 5.74) is 1.87. The van der Waals surface area contributed by atoms with Crippen LogP contribution in [-0.2, 0) is 0 Å². The lowest BCUT2D eigenvalue weighted by Crippen LogP contribution is -2.20. The van der Waals surface area contributed by atoms with Crippen LogP contribution < -0.4 is 14.8 Å². The van der Waals surface area contributed by atoms with Crippen molar-refractivity contribution >= 4 is 16.6 Å². The molecular formula is C25H33N3O2. The van der Waals surface area contributed by atoms with Gasteiger partial charge in [0.25, 0.3) is 0 Å². The molecule has 0 radical (unpaired) electrons. The van der Waals surface area contributed by atoms with Gasteiger partial charge in [-0.1, -0.05) is 39.5 Å². The second-order valence-corrected chi connectivity index (χ2v) is 7.66. The highest BCUT2D eigenvalue weighted by Crippen LogP contribution is 2.33. The summed E-state index contributed by atoms with van der Waals surface area (Å²) in [5.74, 6) is 2.47. The molecule has 0 saturated carbocycles. The zero-order valence-electron chi connectivity index (χ0n) is 18.6. The molecule has 0 bridgehead atoms. The normalized spacial score (nSPS) is 12.0. The van der Waals surface area contributed by atoms with E-state index in [1.807, 2.05) is 30.3 Å². The molecule has 0 spiro atoms. The van der Waals surface area contributed by atoms with Crippen LogP contribution in [0.25, 0.3) is 22.0 Å². The fourth-order valence-electron chi connectivity index (χ4n) is 3.80. The Bertz CT molecular complexity index is 941. The zero-order valence-corrected chi connectivity index (χ0v) is 18.6. The lowest BCUT2D eigenvalue weighted by molar-refractivity contribution is 0.415. The Morgan fingerprint density at radius 2 is 1.53 bits per heavy atom. The Balaban J connectivity index is 2.00. The van der Waals surface area contributed by atoms with Crippen LogP contribution in [0.1, 0.15) is 52.4 Å². The van der Waals surface area contributed by atoms with Crippen LogP contribution >= 0.6 is 0 Å². The van der Waals surface area contributed by atoms with E-state index >= 15 is 0 Å². The third kappa shape index (κ3) is 5.21. The number of methoxy groups -OCH3 is 2. The van der Waals surface area contributed by atoms with Crippen molar-refractivity contribution in [1.82, 2.24) is 10.2 Å². The van der Waals surface area contributed by atoms with Gasteiger partial charge in [0, 0.05) is 22.4 Å². The molecule has 2 aromatic carbocycles. The Morgan fingerprint density at radius 1 is 0.800 bits per heavy atom. The van der Waals surface area contributed by atoms with Crippen LogP contribution in [0.5, 0.6) is 11.5 Å². The predicted molar refractivity (Wildman–Crippen MR) is 125 cm³/mol. The third-order valence-electron chi connectivity index (χ3n) is 5.48. The number of hydrogen-bond donors (Lipinski definition) is 1. The van der Waals surface area contributed by atoms with Crippen molar-refractivity contribution in [1.29, 1.82) is 0 Å². The molecule has 0 aliphatic carbocycles. The molecule has 1 atom stereocenters. The van der Waals surface area contributed by atoms with Crippen LogP contribution in [0, 0.1) is 0 Å². The van der Waals surface area contributed by atoms with Gasteiger partial charge in [-0.15, -0.1) is 10.2 Å².